The SMILES string of the molecule is O=C(O)c1ccc(-c2cccc([C@@H]3CCCCCN3)c2)cc1. The summed E-state index contributed by atoms with van der Waals surface area (Å²) in [5.74, 6) is -0.886. The van der Waals surface area contributed by atoms with Gasteiger partial charge in [-0.15, -0.1) is 0 Å². The van der Waals surface area contributed by atoms with Crippen molar-refractivity contribution in [1.82, 2.24) is 5.32 Å². The first-order chi connectivity index (χ1) is 10.7. The molecular formula is C19H21NO2. The summed E-state index contributed by atoms with van der Waals surface area (Å²) in [4.78, 5) is 10.9. The normalized spacial score (nSPS) is 18.6. The minimum Gasteiger partial charge on any atom is -0.478 e. The zero-order chi connectivity index (χ0) is 15.4. The first-order valence-electron chi connectivity index (χ1n) is 7.91. The average Bonchev–Trinajstić information content (AvgIpc) is 2.84. The molecule has 3 nitrogen and oxygen atoms in total. The first-order valence-corrected chi connectivity index (χ1v) is 7.91. The molecule has 22 heavy (non-hydrogen) atoms. The van der Waals surface area contributed by atoms with Crippen molar-refractivity contribution in [2.24, 2.45) is 0 Å². The van der Waals surface area contributed by atoms with E-state index in [1.54, 1.807) is 12.1 Å². The van der Waals surface area contributed by atoms with Gasteiger partial charge in [0.15, 0.2) is 0 Å². The number of aromatic carboxylic acids is 1. The Bertz CT molecular complexity index is 641. The number of carboxylic acid groups (broad SMARTS) is 1. The van der Waals surface area contributed by atoms with E-state index in [0.717, 1.165) is 17.7 Å². The molecule has 3 rings (SSSR count). The van der Waals surface area contributed by atoms with Gasteiger partial charge in [0.1, 0.15) is 0 Å². The van der Waals surface area contributed by atoms with Gasteiger partial charge >= 0.3 is 5.97 Å². The lowest BCUT2D eigenvalue weighted by atomic mass is 9.96. The van der Waals surface area contributed by atoms with E-state index in [4.69, 9.17) is 5.11 Å². The van der Waals surface area contributed by atoms with Crippen LogP contribution in [-0.4, -0.2) is 17.6 Å². The smallest absolute Gasteiger partial charge is 0.335 e. The molecule has 2 N–H and O–H groups in total. The fraction of sp³-hybridized carbons (Fsp3) is 0.316. The van der Waals surface area contributed by atoms with Crippen LogP contribution < -0.4 is 5.32 Å². The third kappa shape index (κ3) is 3.37. The molecule has 0 aliphatic carbocycles. The van der Waals surface area contributed by atoms with Crippen LogP contribution in [0.15, 0.2) is 48.5 Å². The summed E-state index contributed by atoms with van der Waals surface area (Å²) in [6.45, 7) is 1.09. The van der Waals surface area contributed by atoms with E-state index in [2.05, 4.69) is 29.6 Å². The molecule has 2 aromatic carbocycles. The van der Waals surface area contributed by atoms with Crippen LogP contribution in [0.3, 0.4) is 0 Å². The fourth-order valence-corrected chi connectivity index (χ4v) is 3.05. The molecular weight excluding hydrogens is 274 g/mol. The molecule has 1 aliphatic rings. The molecule has 0 spiro atoms. The van der Waals surface area contributed by atoms with Crippen molar-refractivity contribution >= 4 is 5.97 Å². The van der Waals surface area contributed by atoms with Crippen LogP contribution in [0, 0.1) is 0 Å². The number of benzene rings is 2. The lowest BCUT2D eigenvalue weighted by Crippen LogP contribution is -2.20. The molecule has 0 bridgehead atoms. The molecule has 1 heterocycles. The molecule has 1 saturated heterocycles. The Morgan fingerprint density at radius 2 is 1.82 bits per heavy atom. The zero-order valence-corrected chi connectivity index (χ0v) is 12.6. The Kier molecular flexibility index (Phi) is 4.54. The Balaban J connectivity index is 1.85. The van der Waals surface area contributed by atoms with E-state index in [-0.39, 0.29) is 0 Å². The Morgan fingerprint density at radius 1 is 1.00 bits per heavy atom. The van der Waals surface area contributed by atoms with Gasteiger partial charge in [0, 0.05) is 6.04 Å². The van der Waals surface area contributed by atoms with Gasteiger partial charge < -0.3 is 10.4 Å². The van der Waals surface area contributed by atoms with Crippen molar-refractivity contribution in [3.05, 3.63) is 59.7 Å². The summed E-state index contributed by atoms with van der Waals surface area (Å²) in [6.07, 6.45) is 5.02. The van der Waals surface area contributed by atoms with Gasteiger partial charge in [-0.25, -0.2) is 4.79 Å². The molecule has 3 heteroatoms. The number of hydrogen-bond acceptors (Lipinski definition) is 2. The van der Waals surface area contributed by atoms with E-state index < -0.39 is 5.97 Å². The maximum Gasteiger partial charge on any atom is 0.335 e. The summed E-state index contributed by atoms with van der Waals surface area (Å²) in [6, 6.07) is 16.1. The van der Waals surface area contributed by atoms with Gasteiger partial charge in [0.25, 0.3) is 0 Å². The van der Waals surface area contributed by atoms with Crippen LogP contribution in [0.25, 0.3) is 11.1 Å². The highest BCUT2D eigenvalue weighted by Gasteiger charge is 2.14. The number of nitrogens with one attached hydrogen (secondary N) is 1. The van der Waals surface area contributed by atoms with Crippen molar-refractivity contribution < 1.29 is 9.90 Å². The van der Waals surface area contributed by atoms with Gasteiger partial charge in [-0.2, -0.15) is 0 Å². The van der Waals surface area contributed by atoms with Gasteiger partial charge in [0.2, 0.25) is 0 Å². The van der Waals surface area contributed by atoms with E-state index in [1.807, 2.05) is 12.1 Å². The summed E-state index contributed by atoms with van der Waals surface area (Å²) >= 11 is 0. The summed E-state index contributed by atoms with van der Waals surface area (Å²) in [5, 5.41) is 12.6. The molecule has 1 aliphatic heterocycles. The largest absolute Gasteiger partial charge is 0.478 e. The maximum atomic E-state index is 10.9. The molecule has 1 atom stereocenters. The second kappa shape index (κ2) is 6.75. The highest BCUT2D eigenvalue weighted by molar-refractivity contribution is 5.88. The molecule has 0 unspecified atom stereocenters. The minimum atomic E-state index is -0.886. The predicted octanol–water partition coefficient (Wildman–Crippen LogP) is 4.26. The molecule has 2 aromatic rings. The van der Waals surface area contributed by atoms with Gasteiger partial charge in [-0.3, -0.25) is 0 Å². The summed E-state index contributed by atoms with van der Waals surface area (Å²) < 4.78 is 0. The molecule has 0 radical (unpaired) electrons. The van der Waals surface area contributed by atoms with E-state index >= 15 is 0 Å². The van der Waals surface area contributed by atoms with Crippen molar-refractivity contribution in [3.63, 3.8) is 0 Å². The van der Waals surface area contributed by atoms with Crippen LogP contribution in [0.2, 0.25) is 0 Å². The topological polar surface area (TPSA) is 49.3 Å². The predicted molar refractivity (Wildman–Crippen MR) is 88.0 cm³/mol. The first kappa shape index (κ1) is 14.8. The Morgan fingerprint density at radius 3 is 2.59 bits per heavy atom. The van der Waals surface area contributed by atoms with Crippen molar-refractivity contribution in [3.8, 4) is 11.1 Å². The quantitative estimate of drug-likeness (QED) is 0.889. The summed E-state index contributed by atoms with van der Waals surface area (Å²) in [7, 11) is 0. The lowest BCUT2D eigenvalue weighted by Gasteiger charge is -2.17. The number of hydrogen-bond donors (Lipinski definition) is 2. The van der Waals surface area contributed by atoms with E-state index in [1.165, 1.54) is 31.2 Å². The van der Waals surface area contributed by atoms with Crippen LogP contribution in [0.4, 0.5) is 0 Å². The average molecular weight is 295 g/mol. The third-order valence-electron chi connectivity index (χ3n) is 4.31. The van der Waals surface area contributed by atoms with E-state index in [9.17, 15) is 4.79 Å². The standard InChI is InChI=1S/C19H21NO2/c21-19(22)15-10-8-14(9-11-15)16-5-4-6-17(13-16)18-7-2-1-3-12-20-18/h4-6,8-11,13,18,20H,1-3,7,12H2,(H,21,22)/t18-/m0/s1. The highest BCUT2D eigenvalue weighted by Crippen LogP contribution is 2.27. The minimum absolute atomic E-state index is 0.324. The highest BCUT2D eigenvalue weighted by atomic mass is 16.4. The Hall–Kier alpha value is -2.13. The third-order valence-corrected chi connectivity index (χ3v) is 4.31. The Labute approximate surface area is 131 Å². The van der Waals surface area contributed by atoms with Crippen molar-refractivity contribution in [2.45, 2.75) is 31.7 Å². The monoisotopic (exact) mass is 295 g/mol. The molecule has 0 amide bonds. The molecule has 0 saturated carbocycles. The number of carboxylic acids is 1. The molecule has 114 valence electrons. The zero-order valence-electron chi connectivity index (χ0n) is 12.6. The lowest BCUT2D eigenvalue weighted by molar-refractivity contribution is 0.0697. The van der Waals surface area contributed by atoms with Crippen molar-refractivity contribution in [2.75, 3.05) is 6.54 Å². The number of carbonyl (C=O) groups is 1. The molecule has 0 aromatic heterocycles. The maximum absolute atomic E-state index is 10.9. The number of rotatable bonds is 3. The van der Waals surface area contributed by atoms with Crippen LogP contribution in [0.1, 0.15) is 47.6 Å². The molecule has 1 fully saturated rings. The second-order valence-electron chi connectivity index (χ2n) is 5.86. The second-order valence-corrected chi connectivity index (χ2v) is 5.86. The van der Waals surface area contributed by atoms with Crippen LogP contribution >= 0.6 is 0 Å². The van der Waals surface area contributed by atoms with Crippen LogP contribution in [0.5, 0.6) is 0 Å². The van der Waals surface area contributed by atoms with E-state index in [0.29, 0.717) is 11.6 Å². The van der Waals surface area contributed by atoms with Crippen molar-refractivity contribution in [1.29, 1.82) is 0 Å². The summed E-state index contributed by atoms with van der Waals surface area (Å²) in [5.41, 5.74) is 3.84. The van der Waals surface area contributed by atoms with Gasteiger partial charge in [-0.1, -0.05) is 43.2 Å². The fourth-order valence-electron chi connectivity index (χ4n) is 3.05. The van der Waals surface area contributed by atoms with Gasteiger partial charge in [0.05, 0.1) is 5.56 Å². The van der Waals surface area contributed by atoms with Gasteiger partial charge in [-0.05, 0) is 54.3 Å². The van der Waals surface area contributed by atoms with Crippen LogP contribution in [-0.2, 0) is 0 Å².